The van der Waals surface area contributed by atoms with Crippen LogP contribution in [0.1, 0.15) is 74.1 Å². The second-order valence-corrected chi connectivity index (χ2v) is 75.6. The summed E-state index contributed by atoms with van der Waals surface area (Å²) in [5.41, 5.74) is 23.1. The van der Waals surface area contributed by atoms with Crippen LogP contribution in [0.3, 0.4) is 0 Å². The van der Waals surface area contributed by atoms with Crippen molar-refractivity contribution >= 4 is 46.4 Å². The molecule has 8 rings (SSSR count). The van der Waals surface area contributed by atoms with Gasteiger partial charge in [0.25, 0.3) is 0 Å². The normalized spacial score (nSPS) is 17.1. The van der Waals surface area contributed by atoms with Gasteiger partial charge in [-0.2, -0.15) is 0 Å². The van der Waals surface area contributed by atoms with Crippen molar-refractivity contribution in [3.63, 3.8) is 0 Å². The van der Waals surface area contributed by atoms with Crippen molar-refractivity contribution in [3.8, 4) is 22.3 Å². The van der Waals surface area contributed by atoms with Gasteiger partial charge in [-0.25, -0.2) is 0 Å². The third-order valence-corrected chi connectivity index (χ3v) is 85.2. The van der Waals surface area contributed by atoms with Gasteiger partial charge in [-0.05, 0) is 0 Å². The van der Waals surface area contributed by atoms with Crippen molar-refractivity contribution in [2.75, 3.05) is 0 Å². The molecule has 4 heteroatoms. The Morgan fingerprint density at radius 1 is 0.463 bits per heavy atom. The van der Waals surface area contributed by atoms with Crippen molar-refractivity contribution in [1.82, 2.24) is 0 Å². The maximum atomic E-state index is 9.01. The zero-order valence-electron chi connectivity index (χ0n) is 32.7. The average molecular weight is 927 g/mol. The molecule has 2 aliphatic rings. The van der Waals surface area contributed by atoms with Crippen LogP contribution in [-0.4, -0.2) is 5.98 Å². The zero-order chi connectivity index (χ0) is 38.1. The number of benzene rings is 6. The Balaban J connectivity index is 1.45. The molecular weight excluding hydrogens is 878 g/mol. The number of allylic oxidation sites excluding steroid dienone is 2. The first-order valence-electron chi connectivity index (χ1n) is 19.3. The molecular formula is C50H49Cl2HfSi. The van der Waals surface area contributed by atoms with Gasteiger partial charge in [-0.1, -0.05) is 0 Å². The van der Waals surface area contributed by atoms with Gasteiger partial charge < -0.3 is 0 Å². The third kappa shape index (κ3) is 5.86. The van der Waals surface area contributed by atoms with E-state index in [0.717, 1.165) is 0 Å². The SMILES string of the molecule is Cc1cc(C)c(C)c(-c2cccc3c2C=C(c2ccccc2)[CH]3[Hf]([Cl])([Cl])([CH]2C(c3ccccc3)=Cc3c(-c4cc(C)cc(C)c4C)cccc32)[SiH](C)C)c1. The van der Waals surface area contributed by atoms with E-state index in [2.05, 4.69) is 188 Å². The first kappa shape index (κ1) is 37.4. The van der Waals surface area contributed by atoms with Gasteiger partial charge in [0.05, 0.1) is 0 Å². The van der Waals surface area contributed by atoms with E-state index in [9.17, 15) is 0 Å². The zero-order valence-corrected chi connectivity index (χ0v) is 38.9. The third-order valence-electron chi connectivity index (χ3n) is 12.7. The number of halogens is 2. The van der Waals surface area contributed by atoms with Crippen LogP contribution in [0.2, 0.25) is 13.1 Å². The molecule has 2 unspecified atom stereocenters. The van der Waals surface area contributed by atoms with Crippen LogP contribution >= 0.6 is 17.2 Å². The molecule has 0 saturated carbocycles. The fourth-order valence-electron chi connectivity index (χ4n) is 9.70. The Bertz CT molecular complexity index is 2360. The Morgan fingerprint density at radius 3 is 1.22 bits per heavy atom. The first-order valence-corrected chi connectivity index (χ1v) is 41.5. The number of fused-ring (bicyclic) bond motifs is 2. The molecule has 0 N–H and O–H groups in total. The van der Waals surface area contributed by atoms with Gasteiger partial charge in [0.1, 0.15) is 0 Å². The molecule has 0 amide bonds. The maximum absolute atomic E-state index is 9.01. The van der Waals surface area contributed by atoms with Crippen molar-refractivity contribution < 1.29 is 15.3 Å². The molecule has 6 aromatic rings. The summed E-state index contributed by atoms with van der Waals surface area (Å²) in [4.78, 5) is 0. The number of rotatable bonds is 7. The molecule has 0 nitrogen and oxygen atoms in total. The molecule has 271 valence electrons. The molecule has 0 radical (unpaired) electrons. The summed E-state index contributed by atoms with van der Waals surface area (Å²) in [5, 5.41) is 0. The van der Waals surface area contributed by atoms with E-state index in [0.29, 0.717) is 0 Å². The van der Waals surface area contributed by atoms with E-state index in [1.54, 1.807) is 0 Å². The van der Waals surface area contributed by atoms with Crippen LogP contribution in [-0.2, 0) is 15.3 Å². The molecule has 0 spiro atoms. The van der Waals surface area contributed by atoms with Crippen LogP contribution in [0.5, 0.6) is 0 Å². The van der Waals surface area contributed by atoms with Gasteiger partial charge in [-0.15, -0.1) is 0 Å². The van der Waals surface area contributed by atoms with Crippen LogP contribution < -0.4 is 0 Å². The second kappa shape index (κ2) is 13.9. The standard InChI is InChI=1S/2C24H21.C2H7Si.2ClH.Hf/c2*1-16-12-17(2)18(3)23(13-16)22-11-7-10-20-14-21(15-24(20)22)19-8-5-4-6-9-19;1-3-2;;;/h2*4-15H,1-3H3;3H,1-2H3;2*1H;/q;;;;;+2/p-2. The summed E-state index contributed by atoms with van der Waals surface area (Å²) in [5.74, 6) is -1.83. The second-order valence-electron chi connectivity index (χ2n) is 16.3. The Labute approximate surface area is 331 Å². The predicted molar refractivity (Wildman–Crippen MR) is 237 cm³/mol. The fraction of sp³-hybridized carbons (Fsp3) is 0.200. The Hall–Kier alpha value is -3.53. The summed E-state index contributed by atoms with van der Waals surface area (Å²) in [6, 6.07) is 45.0. The minimum atomic E-state index is -5.38. The average Bonchev–Trinajstić information content (AvgIpc) is 3.77. The van der Waals surface area contributed by atoms with E-state index in [1.807, 2.05) is 0 Å². The van der Waals surface area contributed by atoms with E-state index in [1.165, 1.54) is 100 Å². The summed E-state index contributed by atoms with van der Waals surface area (Å²) in [6.45, 7) is 18.3. The van der Waals surface area contributed by atoms with E-state index < -0.39 is 21.3 Å². The molecule has 0 aliphatic heterocycles. The van der Waals surface area contributed by atoms with E-state index >= 15 is 0 Å². The summed E-state index contributed by atoms with van der Waals surface area (Å²) >= 11 is -5.38. The number of hydrogen-bond donors (Lipinski definition) is 0. The van der Waals surface area contributed by atoms with Crippen molar-refractivity contribution in [1.29, 1.82) is 0 Å². The van der Waals surface area contributed by atoms with Crippen LogP contribution in [0.4, 0.5) is 0 Å². The van der Waals surface area contributed by atoms with Crippen molar-refractivity contribution in [2.24, 2.45) is 0 Å². The molecule has 54 heavy (non-hydrogen) atoms. The molecule has 2 atom stereocenters. The molecule has 0 bridgehead atoms. The van der Waals surface area contributed by atoms with Crippen LogP contribution in [0.25, 0.3) is 45.6 Å². The summed E-state index contributed by atoms with van der Waals surface area (Å²) in [7, 11) is 18.0. The van der Waals surface area contributed by atoms with Gasteiger partial charge in [-0.3, -0.25) is 0 Å². The van der Waals surface area contributed by atoms with Crippen molar-refractivity contribution in [3.05, 3.63) is 188 Å². The summed E-state index contributed by atoms with van der Waals surface area (Å²) in [6.07, 6.45) is 4.94. The quantitative estimate of drug-likeness (QED) is 0.140. The minimum absolute atomic E-state index is 0.0739. The molecule has 0 saturated heterocycles. The number of hydrogen-bond acceptors (Lipinski definition) is 0. The first-order chi connectivity index (χ1) is 25.8. The van der Waals surface area contributed by atoms with Gasteiger partial charge in [0.15, 0.2) is 0 Å². The molecule has 6 aromatic carbocycles. The predicted octanol–water partition coefficient (Wildman–Crippen LogP) is 14.7. The van der Waals surface area contributed by atoms with Crippen LogP contribution in [0, 0.1) is 41.5 Å². The molecule has 0 aromatic heterocycles. The Kier molecular flexibility index (Phi) is 9.62. The van der Waals surface area contributed by atoms with Gasteiger partial charge in [0.2, 0.25) is 0 Å². The monoisotopic (exact) mass is 927 g/mol. The topological polar surface area (TPSA) is 0 Å². The fourth-order valence-corrected chi connectivity index (χ4v) is 52.3. The van der Waals surface area contributed by atoms with Crippen LogP contribution in [0.15, 0.2) is 121 Å². The molecule has 2 aliphatic carbocycles. The number of aryl methyl sites for hydroxylation is 4. The van der Waals surface area contributed by atoms with E-state index in [4.69, 9.17) is 17.2 Å². The molecule has 0 heterocycles. The molecule has 0 fully saturated rings. The summed E-state index contributed by atoms with van der Waals surface area (Å²) < 4.78 is -0.148. The van der Waals surface area contributed by atoms with Gasteiger partial charge in [0, 0.05) is 0 Å². The van der Waals surface area contributed by atoms with Gasteiger partial charge >= 0.3 is 334 Å². The van der Waals surface area contributed by atoms with E-state index in [-0.39, 0.29) is 7.35 Å². The van der Waals surface area contributed by atoms with Crippen molar-refractivity contribution in [2.45, 2.75) is 62.0 Å². The Morgan fingerprint density at radius 2 is 0.852 bits per heavy atom.